The molecule has 0 aromatic heterocycles. The van der Waals surface area contributed by atoms with Gasteiger partial charge in [0.1, 0.15) is 0 Å². The van der Waals surface area contributed by atoms with E-state index in [4.69, 9.17) is 0 Å². The number of hydrogen-bond acceptors (Lipinski definition) is 2. The molecule has 0 spiro atoms. The van der Waals surface area contributed by atoms with Crippen molar-refractivity contribution in [3.8, 4) is 0 Å². The Morgan fingerprint density at radius 2 is 1.68 bits per heavy atom. The maximum absolute atomic E-state index is 13.1. The zero-order chi connectivity index (χ0) is 15.6. The average molecular weight is 308 g/mol. The van der Waals surface area contributed by atoms with Crippen molar-refractivity contribution < 1.29 is 13.2 Å². The van der Waals surface area contributed by atoms with Gasteiger partial charge in [-0.1, -0.05) is 42.5 Å². The van der Waals surface area contributed by atoms with E-state index in [2.05, 4.69) is 5.32 Å². The molecule has 5 heteroatoms. The van der Waals surface area contributed by atoms with E-state index >= 15 is 0 Å². The summed E-state index contributed by atoms with van der Waals surface area (Å²) in [6.45, 7) is 2.76. The predicted molar refractivity (Wildman–Crippen MR) is 81.8 cm³/mol. The second-order valence-corrected chi connectivity index (χ2v) is 5.69. The number of nitrogens with one attached hydrogen (secondary N) is 1. The Morgan fingerprint density at radius 1 is 1.00 bits per heavy atom. The number of rotatable bonds is 3. The summed E-state index contributed by atoms with van der Waals surface area (Å²) in [6.07, 6.45) is -4.98. The first kappa shape index (κ1) is 15.3. The van der Waals surface area contributed by atoms with Gasteiger partial charge < -0.3 is 5.32 Å². The first-order valence-electron chi connectivity index (χ1n) is 7.54. The number of fused-ring (bicyclic) bond motifs is 1. The SMILES string of the molecule is FC(F)(F)C[C@H](c1cccc2ccccc12)N1CCNCC1. The van der Waals surface area contributed by atoms with E-state index in [0.29, 0.717) is 13.1 Å². The van der Waals surface area contributed by atoms with Crippen LogP contribution in [0.3, 0.4) is 0 Å². The van der Waals surface area contributed by atoms with Crippen molar-refractivity contribution >= 4 is 10.8 Å². The highest BCUT2D eigenvalue weighted by molar-refractivity contribution is 5.86. The van der Waals surface area contributed by atoms with Gasteiger partial charge in [0.2, 0.25) is 0 Å². The lowest BCUT2D eigenvalue weighted by Gasteiger charge is -2.36. The molecule has 0 aliphatic carbocycles. The minimum atomic E-state index is -4.17. The molecule has 0 saturated carbocycles. The molecule has 22 heavy (non-hydrogen) atoms. The second-order valence-electron chi connectivity index (χ2n) is 5.69. The topological polar surface area (TPSA) is 15.3 Å². The van der Waals surface area contributed by atoms with Crippen molar-refractivity contribution in [3.05, 3.63) is 48.0 Å². The number of halogens is 3. The van der Waals surface area contributed by atoms with Gasteiger partial charge in [-0.3, -0.25) is 4.90 Å². The Bertz CT molecular complexity index is 628. The van der Waals surface area contributed by atoms with E-state index in [1.165, 1.54) is 0 Å². The maximum Gasteiger partial charge on any atom is 0.390 e. The number of nitrogens with zero attached hydrogens (tertiary/aromatic N) is 1. The van der Waals surface area contributed by atoms with Gasteiger partial charge in [-0.2, -0.15) is 13.2 Å². The highest BCUT2D eigenvalue weighted by Crippen LogP contribution is 2.37. The Kier molecular flexibility index (Phi) is 4.36. The minimum absolute atomic E-state index is 0.617. The lowest BCUT2D eigenvalue weighted by atomic mass is 9.95. The smallest absolute Gasteiger partial charge is 0.314 e. The second kappa shape index (κ2) is 6.26. The van der Waals surface area contributed by atoms with Gasteiger partial charge in [0.05, 0.1) is 6.42 Å². The van der Waals surface area contributed by atoms with E-state index in [0.717, 1.165) is 29.4 Å². The van der Waals surface area contributed by atoms with Gasteiger partial charge in [0.25, 0.3) is 0 Å². The average Bonchev–Trinajstić information content (AvgIpc) is 2.52. The van der Waals surface area contributed by atoms with E-state index in [1.807, 2.05) is 47.4 Å². The van der Waals surface area contributed by atoms with Crippen LogP contribution in [0.1, 0.15) is 18.0 Å². The highest BCUT2D eigenvalue weighted by Gasteiger charge is 2.36. The van der Waals surface area contributed by atoms with Crippen LogP contribution in [0.4, 0.5) is 13.2 Å². The minimum Gasteiger partial charge on any atom is -0.314 e. The Labute approximate surface area is 127 Å². The Hall–Kier alpha value is -1.59. The molecule has 1 saturated heterocycles. The van der Waals surface area contributed by atoms with Crippen LogP contribution in [0, 0.1) is 0 Å². The normalized spacial score (nSPS) is 18.5. The van der Waals surface area contributed by atoms with Crippen molar-refractivity contribution in [2.45, 2.75) is 18.6 Å². The quantitative estimate of drug-likeness (QED) is 0.929. The molecule has 1 aliphatic rings. The first-order valence-corrected chi connectivity index (χ1v) is 7.54. The lowest BCUT2D eigenvalue weighted by Crippen LogP contribution is -2.46. The fourth-order valence-electron chi connectivity index (χ4n) is 3.19. The van der Waals surface area contributed by atoms with Crippen molar-refractivity contribution in [1.29, 1.82) is 0 Å². The zero-order valence-electron chi connectivity index (χ0n) is 12.2. The van der Waals surface area contributed by atoms with E-state index in [9.17, 15) is 13.2 Å². The number of benzene rings is 2. The summed E-state index contributed by atoms with van der Waals surface area (Å²) < 4.78 is 39.3. The monoisotopic (exact) mass is 308 g/mol. The molecular weight excluding hydrogens is 289 g/mol. The Balaban J connectivity index is 2.02. The summed E-state index contributed by atoms with van der Waals surface area (Å²) >= 11 is 0. The van der Waals surface area contributed by atoms with Crippen LogP contribution in [-0.2, 0) is 0 Å². The first-order chi connectivity index (χ1) is 10.5. The number of hydrogen-bond donors (Lipinski definition) is 1. The summed E-state index contributed by atoms with van der Waals surface area (Å²) in [4.78, 5) is 1.95. The van der Waals surface area contributed by atoms with Crippen LogP contribution in [0.5, 0.6) is 0 Å². The third-order valence-corrected chi connectivity index (χ3v) is 4.20. The van der Waals surface area contributed by atoms with Crippen LogP contribution in [0.2, 0.25) is 0 Å². The summed E-state index contributed by atoms with van der Waals surface area (Å²) in [5, 5.41) is 5.10. The molecule has 0 unspecified atom stereocenters. The highest BCUT2D eigenvalue weighted by atomic mass is 19.4. The largest absolute Gasteiger partial charge is 0.390 e. The van der Waals surface area contributed by atoms with E-state index < -0.39 is 18.6 Å². The predicted octanol–water partition coefficient (Wildman–Crippen LogP) is 3.74. The zero-order valence-corrected chi connectivity index (χ0v) is 12.2. The molecule has 0 amide bonds. The third-order valence-electron chi connectivity index (χ3n) is 4.20. The van der Waals surface area contributed by atoms with Crippen LogP contribution >= 0.6 is 0 Å². The molecule has 0 radical (unpaired) electrons. The van der Waals surface area contributed by atoms with Crippen LogP contribution in [-0.4, -0.2) is 37.3 Å². The molecule has 1 aliphatic heterocycles. The standard InChI is InChI=1S/C17H19F3N2/c18-17(19,20)12-16(22-10-8-21-9-11-22)15-7-3-5-13-4-1-2-6-14(13)15/h1-7,16,21H,8-12H2/t16-/m1/s1. The molecule has 1 heterocycles. The molecule has 0 bridgehead atoms. The molecule has 1 atom stereocenters. The molecule has 2 aromatic carbocycles. The maximum atomic E-state index is 13.1. The van der Waals surface area contributed by atoms with Gasteiger partial charge in [-0.15, -0.1) is 0 Å². The summed E-state index contributed by atoms with van der Waals surface area (Å²) in [6, 6.07) is 12.7. The van der Waals surface area contributed by atoms with Crippen LogP contribution in [0.25, 0.3) is 10.8 Å². The van der Waals surface area contributed by atoms with Crippen molar-refractivity contribution in [2.24, 2.45) is 0 Å². The summed E-state index contributed by atoms with van der Waals surface area (Å²) in [5.41, 5.74) is 0.775. The van der Waals surface area contributed by atoms with Crippen LogP contribution < -0.4 is 5.32 Å². The molecule has 2 nitrogen and oxygen atoms in total. The molecule has 1 fully saturated rings. The summed E-state index contributed by atoms with van der Waals surface area (Å²) in [5.74, 6) is 0. The van der Waals surface area contributed by atoms with E-state index in [1.54, 1.807) is 0 Å². The van der Waals surface area contributed by atoms with Gasteiger partial charge in [0, 0.05) is 32.2 Å². The van der Waals surface area contributed by atoms with Crippen molar-refractivity contribution in [2.75, 3.05) is 26.2 Å². The van der Waals surface area contributed by atoms with Crippen LogP contribution in [0.15, 0.2) is 42.5 Å². The van der Waals surface area contributed by atoms with Gasteiger partial charge in [-0.05, 0) is 16.3 Å². The fraction of sp³-hybridized carbons (Fsp3) is 0.412. The Morgan fingerprint density at radius 3 is 2.41 bits per heavy atom. The molecular formula is C17H19F3N2. The molecule has 3 rings (SSSR count). The molecule has 2 aromatic rings. The van der Waals surface area contributed by atoms with E-state index in [-0.39, 0.29) is 0 Å². The third kappa shape index (κ3) is 3.42. The summed E-state index contributed by atoms with van der Waals surface area (Å²) in [7, 11) is 0. The fourth-order valence-corrected chi connectivity index (χ4v) is 3.19. The molecule has 1 N–H and O–H groups in total. The van der Waals surface area contributed by atoms with Crippen molar-refractivity contribution in [3.63, 3.8) is 0 Å². The van der Waals surface area contributed by atoms with Gasteiger partial charge >= 0.3 is 6.18 Å². The molecule has 118 valence electrons. The number of piperazine rings is 1. The van der Waals surface area contributed by atoms with Gasteiger partial charge in [0.15, 0.2) is 0 Å². The van der Waals surface area contributed by atoms with Crippen molar-refractivity contribution in [1.82, 2.24) is 10.2 Å². The number of alkyl halides is 3. The lowest BCUT2D eigenvalue weighted by molar-refractivity contribution is -0.148. The van der Waals surface area contributed by atoms with Gasteiger partial charge in [-0.25, -0.2) is 0 Å².